The number of hydrogen-bond acceptors (Lipinski definition) is 5. The van der Waals surface area contributed by atoms with Gasteiger partial charge in [-0.2, -0.15) is 5.10 Å². The number of benzene rings is 4. The lowest BCUT2D eigenvalue weighted by Gasteiger charge is -2.17. The number of alkyl halides is 3. The highest BCUT2D eigenvalue weighted by atomic mass is 19.4. The summed E-state index contributed by atoms with van der Waals surface area (Å²) < 4.78 is 51.0. The fourth-order valence-corrected chi connectivity index (χ4v) is 4.88. The van der Waals surface area contributed by atoms with E-state index in [-0.39, 0.29) is 30.0 Å². The van der Waals surface area contributed by atoms with Gasteiger partial charge in [0.05, 0.1) is 31.0 Å². The number of nitrogens with zero attached hydrogens (tertiary/aromatic N) is 2. The van der Waals surface area contributed by atoms with Gasteiger partial charge in [-0.15, -0.1) is 13.2 Å². The molecule has 0 aliphatic heterocycles. The molecule has 1 heterocycles. The molecule has 0 radical (unpaired) electrons. The number of aromatic nitrogens is 2. The Morgan fingerprint density at radius 1 is 0.955 bits per heavy atom. The lowest BCUT2D eigenvalue weighted by atomic mass is 10.0. The highest BCUT2D eigenvalue weighted by Crippen LogP contribution is 2.37. The van der Waals surface area contributed by atoms with Crippen LogP contribution in [0, 0.1) is 0 Å². The van der Waals surface area contributed by atoms with Crippen LogP contribution in [0.25, 0.3) is 33.3 Å². The van der Waals surface area contributed by atoms with Crippen LogP contribution in [-0.4, -0.2) is 46.8 Å². The number of hydrogen-bond donors (Lipinski definition) is 2. The van der Waals surface area contributed by atoms with E-state index in [9.17, 15) is 22.8 Å². The lowest BCUT2D eigenvalue weighted by Crippen LogP contribution is -2.26. The number of fused-ring (bicyclic) bond motifs is 1. The number of carboxylic acids is 1. The topological polar surface area (TPSA) is 103 Å². The van der Waals surface area contributed by atoms with E-state index >= 15 is 0 Å². The molecule has 0 aliphatic carbocycles. The number of halogens is 3. The summed E-state index contributed by atoms with van der Waals surface area (Å²) in [6.45, 7) is 1.90. The summed E-state index contributed by atoms with van der Waals surface area (Å²) in [7, 11) is 1.59. The minimum Gasteiger partial charge on any atom is -0.497 e. The van der Waals surface area contributed by atoms with E-state index in [1.54, 1.807) is 48.2 Å². The van der Waals surface area contributed by atoms with Gasteiger partial charge in [0.15, 0.2) is 0 Å². The molecular formula is C33H28F3N3O5. The van der Waals surface area contributed by atoms with Crippen molar-refractivity contribution in [1.29, 1.82) is 0 Å². The standard InChI is InChI=1S/C33H28F3N3O5/c1-20(21-7-9-22(10-8-21)32(42)37-16-15-31(40)41)39-29(25-12-11-24-18-26(43-2)14-13-23(24)17-25)19-28(38-39)27-5-3-4-6-30(27)44-33(34,35)36/h3-14,17-20H,15-16H2,1-2H3,(H,37,42)(H,40,41). The van der Waals surface area contributed by atoms with Gasteiger partial charge in [0.25, 0.3) is 5.91 Å². The van der Waals surface area contributed by atoms with E-state index in [0.717, 1.165) is 21.9 Å². The Hall–Kier alpha value is -5.32. The number of aliphatic carboxylic acids is 1. The molecule has 0 spiro atoms. The van der Waals surface area contributed by atoms with E-state index in [1.165, 1.54) is 18.2 Å². The maximum atomic E-state index is 13.2. The monoisotopic (exact) mass is 603 g/mol. The number of nitrogens with one attached hydrogen (secondary N) is 1. The predicted octanol–water partition coefficient (Wildman–Crippen LogP) is 7.09. The summed E-state index contributed by atoms with van der Waals surface area (Å²) in [4.78, 5) is 23.2. The smallest absolute Gasteiger partial charge is 0.497 e. The Kier molecular flexibility index (Phi) is 8.57. The van der Waals surface area contributed by atoms with Crippen LogP contribution >= 0.6 is 0 Å². The first-order valence-corrected chi connectivity index (χ1v) is 13.7. The summed E-state index contributed by atoms with van der Waals surface area (Å²) in [5.74, 6) is -1.07. The Labute approximate surface area is 250 Å². The number of methoxy groups -OCH3 is 1. The zero-order valence-corrected chi connectivity index (χ0v) is 23.8. The molecule has 5 aromatic rings. The molecular weight excluding hydrogens is 575 g/mol. The number of para-hydroxylation sites is 1. The van der Waals surface area contributed by atoms with Crippen molar-refractivity contribution >= 4 is 22.6 Å². The highest BCUT2D eigenvalue weighted by Gasteiger charge is 2.32. The second-order valence-corrected chi connectivity index (χ2v) is 10.0. The van der Waals surface area contributed by atoms with Crippen LogP contribution in [0.3, 0.4) is 0 Å². The average molecular weight is 604 g/mol. The minimum absolute atomic E-state index is 0.00378. The fraction of sp³-hybridized carbons (Fsp3) is 0.182. The minimum atomic E-state index is -4.88. The van der Waals surface area contributed by atoms with Crippen molar-refractivity contribution in [2.24, 2.45) is 0 Å². The largest absolute Gasteiger partial charge is 0.573 e. The lowest BCUT2D eigenvalue weighted by molar-refractivity contribution is -0.274. The molecule has 226 valence electrons. The van der Waals surface area contributed by atoms with Gasteiger partial charge < -0.3 is 19.9 Å². The molecule has 1 unspecified atom stereocenters. The third kappa shape index (κ3) is 6.83. The molecule has 0 aliphatic rings. The Morgan fingerprint density at radius 3 is 2.36 bits per heavy atom. The number of amides is 1. The summed E-state index contributed by atoms with van der Waals surface area (Å²) in [6.07, 6.45) is -5.07. The second kappa shape index (κ2) is 12.5. The second-order valence-electron chi connectivity index (χ2n) is 10.0. The zero-order valence-electron chi connectivity index (χ0n) is 23.8. The third-order valence-electron chi connectivity index (χ3n) is 7.11. The molecule has 8 nitrogen and oxygen atoms in total. The summed E-state index contributed by atoms with van der Waals surface area (Å²) in [6, 6.07) is 25.5. The van der Waals surface area contributed by atoms with Crippen LogP contribution in [0.5, 0.6) is 11.5 Å². The molecule has 4 aromatic carbocycles. The first-order valence-electron chi connectivity index (χ1n) is 13.7. The first kappa shape index (κ1) is 30.1. The van der Waals surface area contributed by atoms with Gasteiger partial charge in [-0.25, -0.2) is 0 Å². The molecule has 0 saturated carbocycles. The highest BCUT2D eigenvalue weighted by molar-refractivity contribution is 5.94. The average Bonchev–Trinajstić information content (AvgIpc) is 3.45. The van der Waals surface area contributed by atoms with Crippen LogP contribution in [-0.2, 0) is 4.79 Å². The number of rotatable bonds is 10. The maximum absolute atomic E-state index is 13.2. The molecule has 2 N–H and O–H groups in total. The van der Waals surface area contributed by atoms with Crippen LogP contribution in [0.2, 0.25) is 0 Å². The maximum Gasteiger partial charge on any atom is 0.573 e. The van der Waals surface area contributed by atoms with Crippen molar-refractivity contribution < 1.29 is 37.3 Å². The predicted molar refractivity (Wildman–Crippen MR) is 159 cm³/mol. The van der Waals surface area contributed by atoms with Gasteiger partial charge in [0.2, 0.25) is 0 Å². The van der Waals surface area contributed by atoms with Crippen LogP contribution in [0.4, 0.5) is 13.2 Å². The van der Waals surface area contributed by atoms with Crippen molar-refractivity contribution in [1.82, 2.24) is 15.1 Å². The fourth-order valence-electron chi connectivity index (χ4n) is 4.88. The van der Waals surface area contributed by atoms with Gasteiger partial charge in [-0.05, 0) is 71.8 Å². The van der Waals surface area contributed by atoms with Crippen molar-refractivity contribution in [3.8, 4) is 34.0 Å². The summed E-state index contributed by atoms with van der Waals surface area (Å²) in [5, 5.41) is 18.0. The van der Waals surface area contributed by atoms with E-state index in [0.29, 0.717) is 17.0 Å². The third-order valence-corrected chi connectivity index (χ3v) is 7.11. The summed E-state index contributed by atoms with van der Waals surface area (Å²) >= 11 is 0. The molecule has 1 amide bonds. The molecule has 0 bridgehead atoms. The number of carbonyl (C=O) groups excluding carboxylic acids is 1. The van der Waals surface area contributed by atoms with Gasteiger partial charge in [-0.3, -0.25) is 14.3 Å². The van der Waals surface area contributed by atoms with Gasteiger partial charge >= 0.3 is 12.3 Å². The molecule has 1 aromatic heterocycles. The SMILES string of the molecule is COc1ccc2cc(-c3cc(-c4ccccc4OC(F)(F)F)nn3C(C)c3ccc(C(=O)NCCC(=O)O)cc3)ccc2c1. The van der Waals surface area contributed by atoms with E-state index < -0.39 is 24.3 Å². The van der Waals surface area contributed by atoms with Gasteiger partial charge in [0, 0.05) is 23.2 Å². The molecule has 1 atom stereocenters. The van der Waals surface area contributed by atoms with Gasteiger partial charge in [0.1, 0.15) is 11.5 Å². The van der Waals surface area contributed by atoms with Gasteiger partial charge in [-0.1, -0.05) is 42.5 Å². The molecule has 0 fully saturated rings. The molecule has 5 rings (SSSR count). The van der Waals surface area contributed by atoms with E-state index in [2.05, 4.69) is 10.1 Å². The molecule has 44 heavy (non-hydrogen) atoms. The molecule has 11 heteroatoms. The van der Waals surface area contributed by atoms with Crippen molar-refractivity contribution in [2.75, 3.05) is 13.7 Å². The van der Waals surface area contributed by atoms with Crippen molar-refractivity contribution in [3.05, 3.63) is 102 Å². The Balaban J connectivity index is 1.55. The van der Waals surface area contributed by atoms with E-state index in [1.807, 2.05) is 43.3 Å². The summed E-state index contributed by atoms with van der Waals surface area (Å²) in [5.41, 5.74) is 3.05. The van der Waals surface area contributed by atoms with Crippen LogP contribution in [0.15, 0.2) is 91.0 Å². The van der Waals surface area contributed by atoms with Crippen LogP contribution in [0.1, 0.15) is 35.3 Å². The Morgan fingerprint density at radius 2 is 1.66 bits per heavy atom. The number of ether oxygens (including phenoxy) is 2. The van der Waals surface area contributed by atoms with Crippen LogP contribution < -0.4 is 14.8 Å². The number of carboxylic acid groups (broad SMARTS) is 1. The Bertz CT molecular complexity index is 1820. The zero-order chi connectivity index (χ0) is 31.4. The van der Waals surface area contributed by atoms with Crippen molar-refractivity contribution in [3.63, 3.8) is 0 Å². The quantitative estimate of drug-likeness (QED) is 0.177. The number of carbonyl (C=O) groups is 2. The van der Waals surface area contributed by atoms with Crippen molar-refractivity contribution in [2.45, 2.75) is 25.7 Å². The van der Waals surface area contributed by atoms with E-state index in [4.69, 9.17) is 14.9 Å². The molecule has 0 saturated heterocycles. The first-order chi connectivity index (χ1) is 21.0. The normalized spacial score (nSPS) is 12.1.